The lowest BCUT2D eigenvalue weighted by atomic mass is 9.83. The molecule has 2 aliphatic carbocycles. The summed E-state index contributed by atoms with van der Waals surface area (Å²) in [5.74, 6) is -1.12. The Morgan fingerprint density at radius 3 is 2.30 bits per heavy atom. The van der Waals surface area contributed by atoms with E-state index in [9.17, 15) is 32.7 Å². The summed E-state index contributed by atoms with van der Waals surface area (Å²) < 4.78 is 39.9. The zero-order valence-electron chi connectivity index (χ0n) is 21.9. The number of rotatable bonds is 9. The monoisotopic (exact) mass is 552 g/mol. The number of pyridine rings is 1. The molecule has 40 heavy (non-hydrogen) atoms. The summed E-state index contributed by atoms with van der Waals surface area (Å²) in [6.07, 6.45) is 2.29. The number of carboxylic acids is 1. The molecule has 0 saturated heterocycles. The van der Waals surface area contributed by atoms with Crippen molar-refractivity contribution in [1.82, 2.24) is 4.57 Å². The molecule has 0 spiro atoms. The van der Waals surface area contributed by atoms with Crippen molar-refractivity contribution >= 4 is 17.6 Å². The number of nitrogens with one attached hydrogen (secondary N) is 1. The van der Waals surface area contributed by atoms with Gasteiger partial charge in [0.05, 0.1) is 23.4 Å². The molecule has 0 bridgehead atoms. The van der Waals surface area contributed by atoms with Gasteiger partial charge >= 0.3 is 12.1 Å². The van der Waals surface area contributed by atoms with Gasteiger partial charge in [0.2, 0.25) is 5.91 Å². The maximum Gasteiger partial charge on any atom is 0.416 e. The number of nitrogens with zero attached hydrogens (tertiary/aromatic N) is 1. The van der Waals surface area contributed by atoms with E-state index in [0.29, 0.717) is 31.0 Å². The topological polar surface area (TPSA) is 88.4 Å². The Kier molecular flexibility index (Phi) is 7.57. The van der Waals surface area contributed by atoms with Crippen LogP contribution in [0.25, 0.3) is 0 Å². The van der Waals surface area contributed by atoms with Crippen LogP contribution in [0.2, 0.25) is 0 Å². The van der Waals surface area contributed by atoms with E-state index < -0.39 is 28.7 Å². The molecule has 1 heterocycles. The molecule has 2 aliphatic rings. The zero-order valence-corrected chi connectivity index (χ0v) is 21.9. The fraction of sp³-hybridized carbons (Fsp3) is 0.387. The summed E-state index contributed by atoms with van der Waals surface area (Å²) in [7, 11) is 0. The van der Waals surface area contributed by atoms with Gasteiger partial charge in [0.25, 0.3) is 5.56 Å². The Morgan fingerprint density at radius 1 is 1.00 bits per heavy atom. The SMILES string of the molecule is O=C(Nc1cccc(CC2(C(=O)O)CC2)c1)C(c1ccc(Cn2ccc(C(F)(F)F)cc2=O)cc1)C1CCCC1. The van der Waals surface area contributed by atoms with E-state index in [1.807, 2.05) is 30.3 Å². The summed E-state index contributed by atoms with van der Waals surface area (Å²) >= 11 is 0. The van der Waals surface area contributed by atoms with Crippen LogP contribution in [-0.2, 0) is 28.7 Å². The maximum absolute atomic E-state index is 13.6. The van der Waals surface area contributed by atoms with Crippen LogP contribution in [0.5, 0.6) is 0 Å². The van der Waals surface area contributed by atoms with Crippen LogP contribution in [0.4, 0.5) is 18.9 Å². The molecule has 9 heteroatoms. The molecule has 2 fully saturated rings. The second-order valence-corrected chi connectivity index (χ2v) is 11.1. The average molecular weight is 553 g/mol. The van der Waals surface area contributed by atoms with Gasteiger partial charge in [-0.25, -0.2) is 0 Å². The number of alkyl halides is 3. The van der Waals surface area contributed by atoms with Crippen molar-refractivity contribution in [2.24, 2.45) is 11.3 Å². The third kappa shape index (κ3) is 6.13. The summed E-state index contributed by atoms with van der Waals surface area (Å²) in [6.45, 7) is 0.113. The van der Waals surface area contributed by atoms with Crippen LogP contribution in [0, 0.1) is 11.3 Å². The molecule has 6 nitrogen and oxygen atoms in total. The van der Waals surface area contributed by atoms with Crippen molar-refractivity contribution < 1.29 is 27.9 Å². The van der Waals surface area contributed by atoms with Gasteiger partial charge in [-0.05, 0) is 72.9 Å². The minimum atomic E-state index is -4.57. The van der Waals surface area contributed by atoms with Crippen molar-refractivity contribution in [3.05, 3.63) is 99.5 Å². The van der Waals surface area contributed by atoms with E-state index in [-0.39, 0.29) is 24.3 Å². The minimum Gasteiger partial charge on any atom is -0.481 e. The third-order valence-corrected chi connectivity index (χ3v) is 8.21. The molecule has 1 aromatic heterocycles. The number of halogens is 3. The van der Waals surface area contributed by atoms with Gasteiger partial charge < -0.3 is 15.0 Å². The van der Waals surface area contributed by atoms with Crippen LogP contribution >= 0.6 is 0 Å². The molecule has 1 amide bonds. The second-order valence-electron chi connectivity index (χ2n) is 11.1. The van der Waals surface area contributed by atoms with Gasteiger partial charge in [-0.3, -0.25) is 14.4 Å². The Hall–Kier alpha value is -3.88. The molecule has 2 aromatic carbocycles. The first-order valence-corrected chi connectivity index (χ1v) is 13.5. The van der Waals surface area contributed by atoms with Crippen LogP contribution in [-0.4, -0.2) is 21.6 Å². The number of hydrogen-bond acceptors (Lipinski definition) is 3. The third-order valence-electron chi connectivity index (χ3n) is 8.21. The normalized spacial score (nSPS) is 17.4. The molecule has 2 saturated carbocycles. The van der Waals surface area contributed by atoms with Gasteiger partial charge in [-0.15, -0.1) is 0 Å². The number of carbonyl (C=O) groups excluding carboxylic acids is 1. The largest absolute Gasteiger partial charge is 0.481 e. The molecule has 3 aromatic rings. The van der Waals surface area contributed by atoms with E-state index in [4.69, 9.17) is 0 Å². The predicted octanol–water partition coefficient (Wildman–Crippen LogP) is 6.24. The van der Waals surface area contributed by atoms with Crippen molar-refractivity contribution in [3.63, 3.8) is 0 Å². The van der Waals surface area contributed by atoms with Gasteiger partial charge in [-0.2, -0.15) is 13.2 Å². The summed E-state index contributed by atoms with van der Waals surface area (Å²) in [5, 5.41) is 12.6. The van der Waals surface area contributed by atoms with Crippen molar-refractivity contribution in [2.75, 3.05) is 5.32 Å². The first-order valence-electron chi connectivity index (χ1n) is 13.5. The van der Waals surface area contributed by atoms with Crippen molar-refractivity contribution in [1.29, 1.82) is 0 Å². The number of benzene rings is 2. The highest BCUT2D eigenvalue weighted by molar-refractivity contribution is 5.96. The van der Waals surface area contributed by atoms with Crippen LogP contribution in [0.15, 0.2) is 71.7 Å². The summed E-state index contributed by atoms with van der Waals surface area (Å²) in [6, 6.07) is 16.1. The average Bonchev–Trinajstić information content (AvgIpc) is 3.49. The van der Waals surface area contributed by atoms with Gasteiger partial charge in [0, 0.05) is 18.0 Å². The van der Waals surface area contributed by atoms with Gasteiger partial charge in [0.15, 0.2) is 0 Å². The lowest BCUT2D eigenvalue weighted by molar-refractivity contribution is -0.143. The van der Waals surface area contributed by atoms with E-state index >= 15 is 0 Å². The number of carbonyl (C=O) groups is 2. The highest BCUT2D eigenvalue weighted by Crippen LogP contribution is 2.48. The summed E-state index contributed by atoms with van der Waals surface area (Å²) in [5.41, 5.74) is 0.669. The fourth-order valence-electron chi connectivity index (χ4n) is 5.76. The molecule has 0 radical (unpaired) electrons. The molecule has 1 atom stereocenters. The quantitative estimate of drug-likeness (QED) is 0.329. The first-order chi connectivity index (χ1) is 19.0. The lowest BCUT2D eigenvalue weighted by Crippen LogP contribution is -2.26. The molecular weight excluding hydrogens is 521 g/mol. The van der Waals surface area contributed by atoms with E-state index in [1.165, 1.54) is 4.57 Å². The van der Waals surface area contributed by atoms with Gasteiger partial charge in [0.1, 0.15) is 0 Å². The molecule has 1 unspecified atom stereocenters. The first kappa shape index (κ1) is 27.7. The molecular formula is C31H31F3N2O4. The van der Waals surface area contributed by atoms with E-state index in [0.717, 1.165) is 54.6 Å². The number of hydrogen-bond donors (Lipinski definition) is 2. The number of amides is 1. The highest BCUT2D eigenvalue weighted by atomic mass is 19.4. The lowest BCUT2D eigenvalue weighted by Gasteiger charge is -2.24. The highest BCUT2D eigenvalue weighted by Gasteiger charge is 2.50. The second kappa shape index (κ2) is 10.9. The molecule has 210 valence electrons. The van der Waals surface area contributed by atoms with Crippen LogP contribution in [0.1, 0.15) is 66.7 Å². The smallest absolute Gasteiger partial charge is 0.416 e. The van der Waals surface area contributed by atoms with E-state index in [1.54, 1.807) is 18.2 Å². The standard InChI is InChI=1S/C31H31F3N2O4/c32-31(33,34)24-12-15-36(26(37)17-24)19-20-8-10-23(11-9-20)27(22-5-1-2-6-22)28(38)35-25-7-3-4-21(16-25)18-30(13-14-30)29(39)40/h3-4,7-12,15-17,22,27H,1-2,5-6,13-14,18-19H2,(H,35,38)(H,39,40). The number of carboxylic acid groups (broad SMARTS) is 1. The van der Waals surface area contributed by atoms with Gasteiger partial charge in [-0.1, -0.05) is 49.2 Å². The number of anilines is 1. The fourth-order valence-corrected chi connectivity index (χ4v) is 5.76. The maximum atomic E-state index is 13.6. The Balaban J connectivity index is 1.31. The summed E-state index contributed by atoms with van der Waals surface area (Å²) in [4.78, 5) is 37.4. The minimum absolute atomic E-state index is 0.113. The Morgan fingerprint density at radius 2 is 1.70 bits per heavy atom. The number of aromatic nitrogens is 1. The Bertz CT molecular complexity index is 1450. The van der Waals surface area contributed by atoms with Crippen LogP contribution < -0.4 is 10.9 Å². The molecule has 5 rings (SSSR count). The molecule has 2 N–H and O–H groups in total. The molecule has 0 aliphatic heterocycles. The Labute approximate surface area is 229 Å². The zero-order chi connectivity index (χ0) is 28.5. The van der Waals surface area contributed by atoms with Crippen molar-refractivity contribution in [2.45, 2.75) is 63.6 Å². The number of aliphatic carboxylic acids is 1. The predicted molar refractivity (Wildman–Crippen MR) is 144 cm³/mol. The van der Waals surface area contributed by atoms with E-state index in [2.05, 4.69) is 5.32 Å². The van der Waals surface area contributed by atoms with Crippen LogP contribution in [0.3, 0.4) is 0 Å². The van der Waals surface area contributed by atoms with Crippen molar-refractivity contribution in [3.8, 4) is 0 Å².